The quantitative estimate of drug-likeness (QED) is 0.624. The molecule has 1 aliphatic heterocycles. The molecule has 0 radical (unpaired) electrons. The lowest BCUT2D eigenvalue weighted by Crippen LogP contribution is -2.57. The number of piperidine rings is 1. The second-order valence-corrected chi connectivity index (χ2v) is 9.33. The van der Waals surface area contributed by atoms with Gasteiger partial charge in [-0.15, -0.1) is 0 Å². The van der Waals surface area contributed by atoms with Gasteiger partial charge in [-0.05, 0) is 50.3 Å². The normalized spacial score (nSPS) is 16.3. The number of nitriles is 1. The summed E-state index contributed by atoms with van der Waals surface area (Å²) < 4.78 is 18.4. The molecule has 2 aromatic rings. The second kappa shape index (κ2) is 12.5. The van der Waals surface area contributed by atoms with Crippen LogP contribution in [0.25, 0.3) is 11.0 Å². The SMILES string of the molecule is CC(C)C.CCCN1CCC(C#N)(NC(=O)C(CC)Nc2nc(=O)oc3cc(F)ccc23)CC1. The average Bonchev–Trinajstić information content (AvgIpc) is 2.78. The Bertz CT molecular complexity index is 1050. The summed E-state index contributed by atoms with van der Waals surface area (Å²) in [6, 6.07) is 5.34. The number of aromatic nitrogens is 1. The molecule has 8 nitrogen and oxygen atoms in total. The molecule has 0 saturated carbocycles. The Kier molecular flexibility index (Phi) is 9.99. The van der Waals surface area contributed by atoms with Crippen molar-refractivity contribution in [3.05, 3.63) is 34.6 Å². The number of hydrogen-bond donors (Lipinski definition) is 2. The maximum atomic E-state index is 13.5. The zero-order valence-electron chi connectivity index (χ0n) is 20.8. The van der Waals surface area contributed by atoms with Crippen LogP contribution in [0.2, 0.25) is 0 Å². The van der Waals surface area contributed by atoms with Crippen LogP contribution in [-0.2, 0) is 4.79 Å². The molecule has 0 bridgehead atoms. The van der Waals surface area contributed by atoms with E-state index >= 15 is 0 Å². The van der Waals surface area contributed by atoms with Gasteiger partial charge in [-0.3, -0.25) is 4.79 Å². The molecular formula is C25H36FN5O3. The Hall–Kier alpha value is -2.99. The zero-order valence-corrected chi connectivity index (χ0v) is 20.8. The molecule has 1 fully saturated rings. The molecule has 9 heteroatoms. The Morgan fingerprint density at radius 2 is 1.94 bits per heavy atom. The molecule has 1 aromatic heterocycles. The van der Waals surface area contributed by atoms with Gasteiger partial charge in [0, 0.05) is 19.2 Å². The zero-order chi connectivity index (χ0) is 25.3. The lowest BCUT2D eigenvalue weighted by Gasteiger charge is -2.38. The van der Waals surface area contributed by atoms with Crippen molar-refractivity contribution in [3.63, 3.8) is 0 Å². The minimum absolute atomic E-state index is 0.0459. The molecule has 1 aromatic carbocycles. The largest absolute Gasteiger partial charge is 0.441 e. The van der Waals surface area contributed by atoms with Gasteiger partial charge in [0.2, 0.25) is 5.91 Å². The van der Waals surface area contributed by atoms with Crippen LogP contribution in [0.3, 0.4) is 0 Å². The maximum absolute atomic E-state index is 13.5. The standard InChI is InChI=1S/C21H26FN5O3.C4H10/c1-3-9-27-10-7-21(13-23,8-11-27)26-19(28)16(4-2)24-18-15-6-5-14(22)12-17(15)30-20(29)25-18;1-4(2)3/h5-6,12,16H,3-4,7-11H2,1-2H3,(H,26,28)(H,24,25,29);4H,1-3H3. The summed E-state index contributed by atoms with van der Waals surface area (Å²) in [5.41, 5.74) is -0.866. The number of amides is 1. The molecule has 0 spiro atoms. The van der Waals surface area contributed by atoms with E-state index in [0.29, 0.717) is 24.6 Å². The monoisotopic (exact) mass is 473 g/mol. The summed E-state index contributed by atoms with van der Waals surface area (Å²) >= 11 is 0. The highest BCUT2D eigenvalue weighted by molar-refractivity contribution is 5.91. The molecule has 0 aliphatic carbocycles. The van der Waals surface area contributed by atoms with Gasteiger partial charge in [0.05, 0.1) is 11.5 Å². The summed E-state index contributed by atoms with van der Waals surface area (Å²) in [6.45, 7) is 12.9. The Morgan fingerprint density at radius 1 is 1.29 bits per heavy atom. The van der Waals surface area contributed by atoms with Crippen LogP contribution in [0.4, 0.5) is 10.2 Å². The Balaban J connectivity index is 0.000000945. The minimum Gasteiger partial charge on any atom is -0.408 e. The fourth-order valence-corrected chi connectivity index (χ4v) is 3.73. The molecule has 1 saturated heterocycles. The van der Waals surface area contributed by atoms with Crippen LogP contribution in [-0.4, -0.2) is 47.0 Å². The van der Waals surface area contributed by atoms with E-state index in [0.717, 1.165) is 38.0 Å². The lowest BCUT2D eigenvalue weighted by molar-refractivity contribution is -0.123. The first-order valence-electron chi connectivity index (χ1n) is 12.0. The molecule has 3 rings (SSSR count). The molecule has 34 heavy (non-hydrogen) atoms. The fraction of sp³-hybridized carbons (Fsp3) is 0.600. The van der Waals surface area contributed by atoms with Crippen molar-refractivity contribution in [2.24, 2.45) is 5.92 Å². The van der Waals surface area contributed by atoms with Gasteiger partial charge in [-0.25, -0.2) is 9.18 Å². The fourth-order valence-electron chi connectivity index (χ4n) is 3.73. The highest BCUT2D eigenvalue weighted by Gasteiger charge is 2.37. The average molecular weight is 474 g/mol. The number of carbonyl (C=O) groups is 1. The first-order valence-corrected chi connectivity index (χ1v) is 12.0. The third-order valence-corrected chi connectivity index (χ3v) is 5.46. The molecular weight excluding hydrogens is 437 g/mol. The van der Waals surface area contributed by atoms with Crippen molar-refractivity contribution >= 4 is 22.7 Å². The van der Waals surface area contributed by atoms with Gasteiger partial charge >= 0.3 is 5.76 Å². The van der Waals surface area contributed by atoms with Gasteiger partial charge in [0.15, 0.2) is 0 Å². The minimum atomic E-state index is -0.912. The van der Waals surface area contributed by atoms with E-state index in [4.69, 9.17) is 4.42 Å². The van der Waals surface area contributed by atoms with Crippen molar-refractivity contribution < 1.29 is 13.6 Å². The maximum Gasteiger partial charge on any atom is 0.441 e. The van der Waals surface area contributed by atoms with Crippen molar-refractivity contribution in [2.75, 3.05) is 25.0 Å². The van der Waals surface area contributed by atoms with E-state index in [9.17, 15) is 19.2 Å². The first-order chi connectivity index (χ1) is 16.1. The van der Waals surface area contributed by atoms with Crippen LogP contribution in [0.15, 0.2) is 27.4 Å². The summed E-state index contributed by atoms with van der Waals surface area (Å²) in [6.07, 6.45) is 2.56. The number of nitrogens with one attached hydrogen (secondary N) is 2. The number of carbonyl (C=O) groups excluding carboxylic acids is 1. The highest BCUT2D eigenvalue weighted by Crippen LogP contribution is 2.24. The molecule has 2 heterocycles. The highest BCUT2D eigenvalue weighted by atomic mass is 19.1. The molecule has 1 unspecified atom stereocenters. The number of rotatable bonds is 7. The molecule has 186 valence electrons. The van der Waals surface area contributed by atoms with E-state index in [2.05, 4.69) is 54.3 Å². The van der Waals surface area contributed by atoms with Crippen LogP contribution in [0, 0.1) is 23.1 Å². The van der Waals surface area contributed by atoms with E-state index in [-0.39, 0.29) is 17.3 Å². The summed E-state index contributed by atoms with van der Waals surface area (Å²) in [5, 5.41) is 16.0. The van der Waals surface area contributed by atoms with E-state index in [1.807, 2.05) is 6.92 Å². The van der Waals surface area contributed by atoms with Crippen LogP contribution >= 0.6 is 0 Å². The number of halogens is 1. The van der Waals surface area contributed by atoms with E-state index < -0.39 is 23.2 Å². The topological polar surface area (TPSA) is 111 Å². The van der Waals surface area contributed by atoms with Gasteiger partial charge in [0.1, 0.15) is 28.8 Å². The van der Waals surface area contributed by atoms with Crippen LogP contribution < -0.4 is 16.4 Å². The van der Waals surface area contributed by atoms with Gasteiger partial charge in [-0.1, -0.05) is 34.6 Å². The predicted octanol–water partition coefficient (Wildman–Crippen LogP) is 4.06. The van der Waals surface area contributed by atoms with Crippen molar-refractivity contribution in [2.45, 2.75) is 71.9 Å². The Morgan fingerprint density at radius 3 is 2.50 bits per heavy atom. The molecule has 1 atom stereocenters. The van der Waals surface area contributed by atoms with Crippen LogP contribution in [0.5, 0.6) is 0 Å². The lowest BCUT2D eigenvalue weighted by atomic mass is 9.88. The molecule has 1 aliphatic rings. The summed E-state index contributed by atoms with van der Waals surface area (Å²) in [7, 11) is 0. The Labute approximate surface area is 200 Å². The van der Waals surface area contributed by atoms with Crippen molar-refractivity contribution in [1.82, 2.24) is 15.2 Å². The molecule has 2 N–H and O–H groups in total. The second-order valence-electron chi connectivity index (χ2n) is 9.33. The van der Waals surface area contributed by atoms with Crippen molar-refractivity contribution in [3.8, 4) is 6.07 Å². The number of likely N-dealkylation sites (tertiary alicyclic amines) is 1. The summed E-state index contributed by atoms with van der Waals surface area (Å²) in [4.78, 5) is 30.8. The van der Waals surface area contributed by atoms with Crippen molar-refractivity contribution in [1.29, 1.82) is 5.26 Å². The van der Waals surface area contributed by atoms with E-state index in [1.54, 1.807) is 0 Å². The van der Waals surface area contributed by atoms with Gasteiger partial charge < -0.3 is 20.0 Å². The number of nitrogens with zero attached hydrogens (tertiary/aromatic N) is 3. The molecule has 1 amide bonds. The van der Waals surface area contributed by atoms with E-state index in [1.165, 1.54) is 12.1 Å². The number of anilines is 1. The summed E-state index contributed by atoms with van der Waals surface area (Å²) in [5.74, 6) is -0.791. The number of fused-ring (bicyclic) bond motifs is 1. The van der Waals surface area contributed by atoms with Gasteiger partial charge in [0.25, 0.3) is 0 Å². The predicted molar refractivity (Wildman–Crippen MR) is 131 cm³/mol. The smallest absolute Gasteiger partial charge is 0.408 e. The van der Waals surface area contributed by atoms with Gasteiger partial charge in [-0.2, -0.15) is 10.2 Å². The third kappa shape index (κ3) is 7.52. The number of hydrogen-bond acceptors (Lipinski definition) is 7. The van der Waals surface area contributed by atoms with Crippen LogP contribution in [0.1, 0.15) is 60.3 Å². The third-order valence-electron chi connectivity index (χ3n) is 5.46. The first kappa shape index (κ1) is 27.3. The number of benzene rings is 1.